The van der Waals surface area contributed by atoms with Gasteiger partial charge in [0.1, 0.15) is 0 Å². The lowest BCUT2D eigenvalue weighted by atomic mass is 10.1. The zero-order valence-corrected chi connectivity index (χ0v) is 12.9. The summed E-state index contributed by atoms with van der Waals surface area (Å²) in [7, 11) is 0. The number of rotatable bonds is 6. The molecule has 0 aromatic heterocycles. The van der Waals surface area contributed by atoms with Gasteiger partial charge in [-0.2, -0.15) is 0 Å². The normalized spacial score (nSPS) is 20.2. The van der Waals surface area contributed by atoms with Gasteiger partial charge < -0.3 is 14.8 Å². The van der Waals surface area contributed by atoms with Gasteiger partial charge in [-0.05, 0) is 38.3 Å². The predicted molar refractivity (Wildman–Crippen MR) is 82.0 cm³/mol. The number of nitrogens with one attached hydrogen (secondary N) is 1. The summed E-state index contributed by atoms with van der Waals surface area (Å²) in [4.78, 5) is 12.1. The number of halogens is 1. The minimum absolute atomic E-state index is 0.156. The Hall–Kier alpha value is -1.10. The van der Waals surface area contributed by atoms with Crippen LogP contribution in [0.25, 0.3) is 0 Å². The van der Waals surface area contributed by atoms with Crippen molar-refractivity contribution in [2.45, 2.75) is 38.6 Å². The average Bonchev–Trinajstić information content (AvgIpc) is 2.54. The van der Waals surface area contributed by atoms with E-state index in [4.69, 9.17) is 21.1 Å². The van der Waals surface area contributed by atoms with Crippen LogP contribution in [0.15, 0.2) is 30.3 Å². The molecule has 1 aliphatic heterocycles. The molecule has 1 aliphatic rings. The van der Waals surface area contributed by atoms with Crippen LogP contribution in [0, 0.1) is 6.04 Å². The number of hydrogen-bond donors (Lipinski definition) is 1. The molecule has 2 rings (SSSR count). The molecule has 0 aliphatic carbocycles. The molecular weight excluding hydrogens is 290 g/mol. The van der Waals surface area contributed by atoms with Crippen molar-refractivity contribution in [1.82, 2.24) is 5.32 Å². The molecule has 1 radical (unpaired) electrons. The van der Waals surface area contributed by atoms with Crippen molar-refractivity contribution in [1.29, 1.82) is 0 Å². The van der Waals surface area contributed by atoms with E-state index in [1.54, 1.807) is 12.1 Å². The first-order valence-electron chi connectivity index (χ1n) is 7.23. The highest BCUT2D eigenvalue weighted by molar-refractivity contribution is 6.18. The van der Waals surface area contributed by atoms with Crippen LogP contribution < -0.4 is 5.32 Å². The molecule has 1 aromatic carbocycles. The summed E-state index contributed by atoms with van der Waals surface area (Å²) in [5.74, 6) is 0.122. The number of hydrogen-bond acceptors (Lipinski definition) is 3. The van der Waals surface area contributed by atoms with E-state index in [1.807, 2.05) is 25.1 Å². The van der Waals surface area contributed by atoms with Gasteiger partial charge in [0.05, 0.1) is 18.0 Å². The van der Waals surface area contributed by atoms with Gasteiger partial charge in [0, 0.05) is 12.2 Å². The summed E-state index contributed by atoms with van der Waals surface area (Å²) < 4.78 is 11.4. The first-order chi connectivity index (χ1) is 10.2. The molecule has 0 bridgehead atoms. The topological polar surface area (TPSA) is 47.6 Å². The monoisotopic (exact) mass is 310 g/mol. The third kappa shape index (κ3) is 4.99. The van der Waals surface area contributed by atoms with Crippen LogP contribution >= 0.6 is 11.6 Å². The van der Waals surface area contributed by atoms with Gasteiger partial charge in [-0.3, -0.25) is 4.79 Å². The Morgan fingerprint density at radius 3 is 2.81 bits per heavy atom. The van der Waals surface area contributed by atoms with Crippen molar-refractivity contribution >= 4 is 17.5 Å². The maximum absolute atomic E-state index is 12.1. The lowest BCUT2D eigenvalue weighted by Gasteiger charge is -2.29. The van der Waals surface area contributed by atoms with Crippen LogP contribution in [0.4, 0.5) is 0 Å². The second-order valence-electron chi connectivity index (χ2n) is 5.08. The van der Waals surface area contributed by atoms with Gasteiger partial charge in [-0.15, -0.1) is 11.6 Å². The van der Waals surface area contributed by atoms with E-state index in [9.17, 15) is 4.79 Å². The average molecular weight is 311 g/mol. The number of alkyl halides is 1. The molecule has 1 fully saturated rings. The number of ether oxygens (including phenoxy) is 2. The van der Waals surface area contributed by atoms with Crippen molar-refractivity contribution < 1.29 is 14.3 Å². The Labute approximate surface area is 130 Å². The minimum atomic E-state index is -0.345. The van der Waals surface area contributed by atoms with Gasteiger partial charge in [-0.1, -0.05) is 18.2 Å². The summed E-state index contributed by atoms with van der Waals surface area (Å²) in [6, 6.07) is 9.77. The van der Waals surface area contributed by atoms with Crippen LogP contribution in [0.1, 0.15) is 36.5 Å². The van der Waals surface area contributed by atoms with E-state index >= 15 is 0 Å². The van der Waals surface area contributed by atoms with E-state index in [2.05, 4.69) is 5.32 Å². The summed E-state index contributed by atoms with van der Waals surface area (Å²) in [5.41, 5.74) is 0.610. The number of benzene rings is 1. The summed E-state index contributed by atoms with van der Waals surface area (Å²) >= 11 is 5.96. The maximum atomic E-state index is 12.1. The number of carbonyl (C=O) groups is 1. The summed E-state index contributed by atoms with van der Waals surface area (Å²) in [5, 5.41) is 2.85. The molecule has 0 saturated carbocycles. The van der Waals surface area contributed by atoms with E-state index in [-0.39, 0.29) is 24.2 Å². The van der Waals surface area contributed by atoms with Crippen molar-refractivity contribution in [3.8, 4) is 0 Å². The van der Waals surface area contributed by atoms with Crippen LogP contribution in [0.3, 0.4) is 0 Å². The van der Waals surface area contributed by atoms with E-state index in [0.29, 0.717) is 11.6 Å². The molecule has 2 atom stereocenters. The molecule has 1 N–H and O–H groups in total. The van der Waals surface area contributed by atoms with Crippen LogP contribution in [-0.2, 0) is 9.47 Å². The predicted octanol–water partition coefficient (Wildman–Crippen LogP) is 3.12. The highest BCUT2D eigenvalue weighted by atomic mass is 35.5. The first kappa shape index (κ1) is 16.3. The van der Waals surface area contributed by atoms with Gasteiger partial charge in [-0.25, -0.2) is 0 Å². The molecule has 1 saturated heterocycles. The molecule has 5 heteroatoms. The van der Waals surface area contributed by atoms with Crippen molar-refractivity contribution in [2.24, 2.45) is 0 Å². The fourth-order valence-corrected chi connectivity index (χ4v) is 2.48. The Morgan fingerprint density at radius 2 is 2.19 bits per heavy atom. The first-order valence-corrected chi connectivity index (χ1v) is 7.77. The zero-order chi connectivity index (χ0) is 15.1. The highest BCUT2D eigenvalue weighted by Gasteiger charge is 2.25. The third-order valence-corrected chi connectivity index (χ3v) is 3.70. The van der Waals surface area contributed by atoms with Gasteiger partial charge in [0.2, 0.25) is 0 Å². The van der Waals surface area contributed by atoms with E-state index in [1.165, 1.54) is 0 Å². The SMILES string of the molecule is C[C](NC(=O)c1ccccc1)[C@@H](CCl)OC1CCCCO1. The standard InChI is InChI=1S/C16H21ClNO3/c1-12(18-16(19)13-7-3-2-4-8-13)14(11-17)21-15-9-5-6-10-20-15/h2-4,7-8,14-15H,5-6,9-11H2,1H3,(H,18,19)/t14-,15?/m1/s1. The summed E-state index contributed by atoms with van der Waals surface area (Å²) in [6.07, 6.45) is 2.45. The molecule has 0 spiro atoms. The van der Waals surface area contributed by atoms with Crippen LogP contribution in [0.2, 0.25) is 0 Å². The molecule has 1 unspecified atom stereocenters. The number of carbonyl (C=O) groups excluding carboxylic acids is 1. The molecule has 115 valence electrons. The fraction of sp³-hybridized carbons (Fsp3) is 0.500. The number of amides is 1. The minimum Gasteiger partial charge on any atom is -0.353 e. The molecule has 1 amide bonds. The zero-order valence-electron chi connectivity index (χ0n) is 12.2. The summed E-state index contributed by atoms with van der Waals surface area (Å²) in [6.45, 7) is 2.53. The van der Waals surface area contributed by atoms with E-state index in [0.717, 1.165) is 25.9 Å². The Morgan fingerprint density at radius 1 is 1.43 bits per heavy atom. The molecular formula is C16H21ClNO3. The van der Waals surface area contributed by atoms with Crippen LogP contribution in [0.5, 0.6) is 0 Å². The van der Waals surface area contributed by atoms with Gasteiger partial charge in [0.15, 0.2) is 6.29 Å². The molecule has 1 heterocycles. The van der Waals surface area contributed by atoms with Gasteiger partial charge in [0.25, 0.3) is 5.91 Å². The molecule has 21 heavy (non-hydrogen) atoms. The Balaban J connectivity index is 1.87. The fourth-order valence-electron chi connectivity index (χ4n) is 2.18. The second-order valence-corrected chi connectivity index (χ2v) is 5.39. The molecule has 1 aromatic rings. The van der Waals surface area contributed by atoms with Crippen molar-refractivity contribution in [2.75, 3.05) is 12.5 Å². The third-order valence-electron chi connectivity index (χ3n) is 3.42. The van der Waals surface area contributed by atoms with Crippen molar-refractivity contribution in [3.63, 3.8) is 0 Å². The molecule has 4 nitrogen and oxygen atoms in total. The lowest BCUT2D eigenvalue weighted by Crippen LogP contribution is -2.40. The highest BCUT2D eigenvalue weighted by Crippen LogP contribution is 2.19. The second kappa shape index (κ2) is 8.37. The van der Waals surface area contributed by atoms with Crippen LogP contribution in [-0.4, -0.2) is 30.8 Å². The Kier molecular flexibility index (Phi) is 6.49. The Bertz CT molecular complexity index is 434. The quantitative estimate of drug-likeness (QED) is 0.821. The van der Waals surface area contributed by atoms with E-state index < -0.39 is 0 Å². The maximum Gasteiger partial charge on any atom is 0.251 e. The van der Waals surface area contributed by atoms with Gasteiger partial charge >= 0.3 is 0 Å². The smallest absolute Gasteiger partial charge is 0.251 e. The lowest BCUT2D eigenvalue weighted by molar-refractivity contribution is -0.181. The largest absolute Gasteiger partial charge is 0.353 e. The van der Waals surface area contributed by atoms with Crippen molar-refractivity contribution in [3.05, 3.63) is 41.9 Å².